The van der Waals surface area contributed by atoms with Crippen molar-refractivity contribution in [2.75, 3.05) is 13.2 Å². The minimum absolute atomic E-state index is 0.0536. The molecule has 0 aliphatic heterocycles. The molecule has 0 heterocycles. The molecule has 3 N–H and O–H groups in total. The first-order chi connectivity index (χ1) is 7.56. The Bertz CT molecular complexity index is 239. The number of amides is 1. The van der Waals surface area contributed by atoms with E-state index in [2.05, 4.69) is 19.2 Å². The number of hydrogen-bond acceptors (Lipinski definition) is 3. The average molecular weight is 228 g/mol. The molecule has 4 nitrogen and oxygen atoms in total. The van der Waals surface area contributed by atoms with Crippen molar-refractivity contribution < 1.29 is 9.53 Å². The molecule has 0 radical (unpaired) electrons. The van der Waals surface area contributed by atoms with Gasteiger partial charge in [0.2, 0.25) is 5.91 Å². The van der Waals surface area contributed by atoms with Gasteiger partial charge in [-0.15, -0.1) is 0 Å². The lowest BCUT2D eigenvalue weighted by atomic mass is 9.94. The molecule has 1 aliphatic carbocycles. The predicted octanol–water partition coefficient (Wildman–Crippen LogP) is 1.05. The predicted molar refractivity (Wildman–Crippen MR) is 64.0 cm³/mol. The van der Waals surface area contributed by atoms with Gasteiger partial charge >= 0.3 is 0 Å². The highest BCUT2D eigenvalue weighted by molar-refractivity contribution is 5.82. The van der Waals surface area contributed by atoms with E-state index in [1.54, 1.807) is 0 Å². The molecule has 94 valence electrons. The van der Waals surface area contributed by atoms with E-state index in [-0.39, 0.29) is 23.5 Å². The van der Waals surface area contributed by atoms with Crippen molar-refractivity contribution in [2.24, 2.45) is 11.7 Å². The molecule has 1 saturated carbocycles. The summed E-state index contributed by atoms with van der Waals surface area (Å²) in [5.41, 5.74) is 5.85. The molecule has 0 bridgehead atoms. The second kappa shape index (κ2) is 5.64. The molecule has 1 rings (SSSR count). The lowest BCUT2D eigenvalue weighted by Crippen LogP contribution is -2.49. The van der Waals surface area contributed by atoms with Gasteiger partial charge in [-0.1, -0.05) is 13.8 Å². The van der Waals surface area contributed by atoms with Crippen LogP contribution in [0.4, 0.5) is 0 Å². The molecule has 4 heteroatoms. The smallest absolute Gasteiger partial charge is 0.225 e. The minimum Gasteiger partial charge on any atom is -0.378 e. The van der Waals surface area contributed by atoms with E-state index in [0.717, 1.165) is 19.3 Å². The van der Waals surface area contributed by atoms with Gasteiger partial charge in [0.1, 0.15) is 0 Å². The Morgan fingerprint density at radius 3 is 2.56 bits per heavy atom. The number of carbonyl (C=O) groups is 1. The third-order valence-electron chi connectivity index (χ3n) is 3.47. The minimum atomic E-state index is -0.258. The summed E-state index contributed by atoms with van der Waals surface area (Å²) in [5, 5.41) is 2.93. The standard InChI is InChI=1S/C12H24N2O2/c1-4-12(13,5-2)8-14-11(15)9-7-10(9)16-6-3/h9-10H,4-8,13H2,1-3H3,(H,14,15). The monoisotopic (exact) mass is 228 g/mol. The summed E-state index contributed by atoms with van der Waals surface area (Å²) in [7, 11) is 0. The third kappa shape index (κ3) is 3.46. The second-order valence-electron chi connectivity index (χ2n) is 4.62. The van der Waals surface area contributed by atoms with Crippen LogP contribution in [0.2, 0.25) is 0 Å². The van der Waals surface area contributed by atoms with Crippen molar-refractivity contribution in [3.8, 4) is 0 Å². The van der Waals surface area contributed by atoms with E-state index >= 15 is 0 Å². The fourth-order valence-corrected chi connectivity index (χ4v) is 1.74. The Kier molecular flexibility index (Phi) is 4.74. The summed E-state index contributed by atoms with van der Waals surface area (Å²) in [5.74, 6) is 0.146. The van der Waals surface area contributed by atoms with Gasteiger partial charge in [-0.05, 0) is 26.2 Å². The number of carbonyl (C=O) groups excluding carboxylic acids is 1. The van der Waals surface area contributed by atoms with E-state index in [0.29, 0.717) is 13.2 Å². The van der Waals surface area contributed by atoms with Crippen LogP contribution in [0, 0.1) is 5.92 Å². The molecule has 0 aromatic rings. The summed E-state index contributed by atoms with van der Waals surface area (Å²) < 4.78 is 5.38. The first-order valence-corrected chi connectivity index (χ1v) is 6.24. The van der Waals surface area contributed by atoms with Crippen LogP contribution in [0.15, 0.2) is 0 Å². The zero-order chi connectivity index (χ0) is 12.2. The fourth-order valence-electron chi connectivity index (χ4n) is 1.74. The quantitative estimate of drug-likeness (QED) is 0.684. The van der Waals surface area contributed by atoms with Crippen molar-refractivity contribution in [2.45, 2.75) is 51.7 Å². The van der Waals surface area contributed by atoms with Crippen LogP contribution in [-0.4, -0.2) is 30.7 Å². The van der Waals surface area contributed by atoms with Crippen LogP contribution in [0.5, 0.6) is 0 Å². The van der Waals surface area contributed by atoms with E-state index in [9.17, 15) is 4.79 Å². The highest BCUT2D eigenvalue weighted by Gasteiger charge is 2.44. The van der Waals surface area contributed by atoms with Crippen molar-refractivity contribution >= 4 is 5.91 Å². The molecular weight excluding hydrogens is 204 g/mol. The maximum absolute atomic E-state index is 11.7. The van der Waals surface area contributed by atoms with Gasteiger partial charge in [0.05, 0.1) is 12.0 Å². The SMILES string of the molecule is CCOC1CC1C(=O)NCC(N)(CC)CC. The van der Waals surface area contributed by atoms with Crippen molar-refractivity contribution in [1.29, 1.82) is 0 Å². The van der Waals surface area contributed by atoms with Gasteiger partial charge < -0.3 is 15.8 Å². The Morgan fingerprint density at radius 1 is 1.44 bits per heavy atom. The zero-order valence-electron chi connectivity index (χ0n) is 10.6. The normalized spacial score (nSPS) is 24.2. The van der Waals surface area contributed by atoms with E-state index in [1.807, 2.05) is 6.92 Å². The molecule has 0 spiro atoms. The Balaban J connectivity index is 2.26. The largest absolute Gasteiger partial charge is 0.378 e. The highest BCUT2D eigenvalue weighted by atomic mass is 16.5. The fraction of sp³-hybridized carbons (Fsp3) is 0.917. The van der Waals surface area contributed by atoms with E-state index < -0.39 is 0 Å². The van der Waals surface area contributed by atoms with Gasteiger partial charge in [-0.25, -0.2) is 0 Å². The summed E-state index contributed by atoms with van der Waals surface area (Å²) in [6, 6.07) is 0. The molecule has 1 fully saturated rings. The third-order valence-corrected chi connectivity index (χ3v) is 3.47. The van der Waals surface area contributed by atoms with Crippen molar-refractivity contribution in [1.82, 2.24) is 5.32 Å². The molecular formula is C12H24N2O2. The van der Waals surface area contributed by atoms with E-state index in [4.69, 9.17) is 10.5 Å². The van der Waals surface area contributed by atoms with Crippen LogP contribution < -0.4 is 11.1 Å². The Morgan fingerprint density at radius 2 is 2.06 bits per heavy atom. The Labute approximate surface area is 97.9 Å². The van der Waals surface area contributed by atoms with Crippen LogP contribution in [-0.2, 0) is 9.53 Å². The summed E-state index contributed by atoms with van der Waals surface area (Å²) >= 11 is 0. The lowest BCUT2D eigenvalue weighted by Gasteiger charge is -2.26. The van der Waals surface area contributed by atoms with Gasteiger partial charge in [-0.2, -0.15) is 0 Å². The zero-order valence-corrected chi connectivity index (χ0v) is 10.6. The molecule has 1 aliphatic rings. The lowest BCUT2D eigenvalue weighted by molar-refractivity contribution is -0.123. The van der Waals surface area contributed by atoms with Gasteiger partial charge in [-0.3, -0.25) is 4.79 Å². The molecule has 0 saturated heterocycles. The van der Waals surface area contributed by atoms with Crippen LogP contribution >= 0.6 is 0 Å². The molecule has 2 unspecified atom stereocenters. The summed E-state index contributed by atoms with van der Waals surface area (Å²) in [6.45, 7) is 7.30. The van der Waals surface area contributed by atoms with Crippen molar-refractivity contribution in [3.05, 3.63) is 0 Å². The second-order valence-corrected chi connectivity index (χ2v) is 4.62. The van der Waals surface area contributed by atoms with Gasteiger partial charge in [0, 0.05) is 18.7 Å². The average Bonchev–Trinajstić information content (AvgIpc) is 3.05. The number of ether oxygens (including phenoxy) is 1. The van der Waals surface area contributed by atoms with E-state index in [1.165, 1.54) is 0 Å². The molecule has 16 heavy (non-hydrogen) atoms. The summed E-state index contributed by atoms with van der Waals surface area (Å²) in [4.78, 5) is 11.7. The number of nitrogens with one attached hydrogen (secondary N) is 1. The molecule has 0 aromatic heterocycles. The first kappa shape index (κ1) is 13.5. The van der Waals surface area contributed by atoms with Crippen LogP contribution in [0.1, 0.15) is 40.0 Å². The maximum Gasteiger partial charge on any atom is 0.225 e. The Hall–Kier alpha value is -0.610. The van der Waals surface area contributed by atoms with Gasteiger partial charge in [0.15, 0.2) is 0 Å². The molecule has 2 atom stereocenters. The molecule has 0 aromatic carbocycles. The van der Waals surface area contributed by atoms with Crippen molar-refractivity contribution in [3.63, 3.8) is 0 Å². The van der Waals surface area contributed by atoms with Crippen LogP contribution in [0.25, 0.3) is 0 Å². The highest BCUT2D eigenvalue weighted by Crippen LogP contribution is 2.33. The topological polar surface area (TPSA) is 64.3 Å². The number of hydrogen-bond donors (Lipinski definition) is 2. The summed E-state index contributed by atoms with van der Waals surface area (Å²) in [6.07, 6.45) is 2.75. The molecule has 1 amide bonds. The van der Waals surface area contributed by atoms with Crippen LogP contribution in [0.3, 0.4) is 0 Å². The first-order valence-electron chi connectivity index (χ1n) is 6.24. The van der Waals surface area contributed by atoms with Gasteiger partial charge in [0.25, 0.3) is 0 Å². The number of nitrogens with two attached hydrogens (primary N) is 1. The maximum atomic E-state index is 11.7. The number of rotatable bonds is 7.